The third kappa shape index (κ3) is 3.40. The molecule has 0 aliphatic carbocycles. The van der Waals surface area contributed by atoms with Gasteiger partial charge in [-0.15, -0.1) is 0 Å². The minimum absolute atomic E-state index is 0.0788. The molecule has 1 unspecified atom stereocenters. The van der Waals surface area contributed by atoms with Gasteiger partial charge in [0.05, 0.1) is 12.9 Å². The van der Waals surface area contributed by atoms with Crippen molar-refractivity contribution in [1.82, 2.24) is 9.62 Å². The highest BCUT2D eigenvalue weighted by molar-refractivity contribution is 7.89. The summed E-state index contributed by atoms with van der Waals surface area (Å²) in [6, 6.07) is -0.922. The number of methoxy groups -OCH3 is 1. The Bertz CT molecular complexity index is 406. The van der Waals surface area contributed by atoms with Gasteiger partial charge in [0.1, 0.15) is 6.04 Å². The maximum absolute atomic E-state index is 11.7. The molecule has 1 atom stereocenters. The predicted molar refractivity (Wildman–Crippen MR) is 59.6 cm³/mol. The molecule has 7 nitrogen and oxygen atoms in total. The number of hydrogen-bond acceptors (Lipinski definition) is 5. The molecular formula is C9H16N2O5S. The van der Waals surface area contributed by atoms with Crippen LogP contribution in [-0.2, 0) is 24.3 Å². The Hall–Kier alpha value is -1.15. The van der Waals surface area contributed by atoms with Crippen LogP contribution in [0.1, 0.15) is 12.8 Å². The van der Waals surface area contributed by atoms with Crippen molar-refractivity contribution in [3.63, 3.8) is 0 Å². The number of ether oxygens (including phenoxy) is 1. The van der Waals surface area contributed by atoms with E-state index in [0.29, 0.717) is 10.9 Å². The van der Waals surface area contributed by atoms with Gasteiger partial charge < -0.3 is 10.1 Å². The molecule has 0 aromatic carbocycles. The van der Waals surface area contributed by atoms with Crippen LogP contribution in [0.3, 0.4) is 0 Å². The van der Waals surface area contributed by atoms with E-state index in [1.807, 2.05) is 0 Å². The molecule has 0 saturated carbocycles. The topological polar surface area (TPSA) is 92.8 Å². The van der Waals surface area contributed by atoms with Crippen molar-refractivity contribution < 1.29 is 22.7 Å². The first-order chi connectivity index (χ1) is 7.88. The molecule has 1 saturated heterocycles. The smallest absolute Gasteiger partial charge is 0.244 e. The maximum atomic E-state index is 11.7. The number of sulfonamides is 1. The van der Waals surface area contributed by atoms with Crippen LogP contribution in [0.5, 0.6) is 0 Å². The summed E-state index contributed by atoms with van der Waals surface area (Å²) in [6.07, 6.45) is 1.23. The highest BCUT2D eigenvalue weighted by atomic mass is 32.2. The van der Waals surface area contributed by atoms with Crippen LogP contribution >= 0.6 is 0 Å². The fraction of sp³-hybridized carbons (Fsp3) is 0.778. The lowest BCUT2D eigenvalue weighted by Crippen LogP contribution is -2.47. The van der Waals surface area contributed by atoms with Gasteiger partial charge in [0, 0.05) is 20.1 Å². The molecule has 0 bridgehead atoms. The van der Waals surface area contributed by atoms with Crippen molar-refractivity contribution in [2.45, 2.75) is 18.9 Å². The van der Waals surface area contributed by atoms with E-state index in [9.17, 15) is 18.0 Å². The average Bonchev–Trinajstić information content (AvgIpc) is 2.60. The van der Waals surface area contributed by atoms with Crippen LogP contribution in [-0.4, -0.2) is 57.1 Å². The fourth-order valence-electron chi connectivity index (χ4n) is 1.71. The summed E-state index contributed by atoms with van der Waals surface area (Å²) in [5.74, 6) is -0.988. The molecule has 1 aliphatic heterocycles. The van der Waals surface area contributed by atoms with Crippen molar-refractivity contribution in [2.75, 3.05) is 26.5 Å². The largest absolute Gasteiger partial charge is 0.383 e. The monoisotopic (exact) mass is 264 g/mol. The summed E-state index contributed by atoms with van der Waals surface area (Å²) in [7, 11) is -2.19. The predicted octanol–water partition coefficient (Wildman–Crippen LogP) is -1.30. The number of nitrogens with zero attached hydrogens (tertiary/aromatic N) is 1. The Morgan fingerprint density at radius 2 is 2.24 bits per heavy atom. The molecular weight excluding hydrogens is 248 g/mol. The lowest BCUT2D eigenvalue weighted by molar-refractivity contribution is -0.130. The van der Waals surface area contributed by atoms with Gasteiger partial charge in [0.25, 0.3) is 0 Å². The van der Waals surface area contributed by atoms with Crippen molar-refractivity contribution in [3.05, 3.63) is 0 Å². The molecule has 0 aromatic heterocycles. The summed E-state index contributed by atoms with van der Waals surface area (Å²) in [4.78, 5) is 23.1. The van der Waals surface area contributed by atoms with Crippen molar-refractivity contribution in [1.29, 1.82) is 0 Å². The Morgan fingerprint density at radius 1 is 1.59 bits per heavy atom. The quantitative estimate of drug-likeness (QED) is 0.623. The highest BCUT2D eigenvalue weighted by Gasteiger charge is 2.41. The van der Waals surface area contributed by atoms with E-state index in [0.717, 1.165) is 6.26 Å². The maximum Gasteiger partial charge on any atom is 0.244 e. The van der Waals surface area contributed by atoms with Crippen LogP contribution < -0.4 is 5.32 Å². The Balaban J connectivity index is 2.70. The van der Waals surface area contributed by atoms with Gasteiger partial charge in [-0.2, -0.15) is 0 Å². The number of carbonyl (C=O) groups is 2. The third-order valence-corrected chi connectivity index (χ3v) is 3.60. The molecule has 1 fully saturated rings. The lowest BCUT2D eigenvalue weighted by atomic mass is 10.2. The zero-order valence-corrected chi connectivity index (χ0v) is 10.6. The molecule has 1 aliphatic rings. The summed E-state index contributed by atoms with van der Waals surface area (Å²) in [5.41, 5.74) is 0. The number of rotatable bonds is 5. The van der Waals surface area contributed by atoms with Gasteiger partial charge in [-0.05, 0) is 6.42 Å². The Labute approximate surface area is 100 Å². The summed E-state index contributed by atoms with van der Waals surface area (Å²) >= 11 is 0. The fourth-order valence-corrected chi connectivity index (χ4v) is 2.83. The number of hydrogen-bond donors (Lipinski definition) is 1. The van der Waals surface area contributed by atoms with Crippen LogP contribution in [0.25, 0.3) is 0 Å². The van der Waals surface area contributed by atoms with E-state index in [2.05, 4.69) is 5.32 Å². The summed E-state index contributed by atoms with van der Waals surface area (Å²) < 4.78 is 28.2. The van der Waals surface area contributed by atoms with E-state index in [1.165, 1.54) is 7.11 Å². The SMILES string of the molecule is COCCNC(=O)C1CCC(=O)N1S(C)(=O)=O. The second kappa shape index (κ2) is 5.46. The van der Waals surface area contributed by atoms with E-state index in [1.54, 1.807) is 0 Å². The first-order valence-electron chi connectivity index (χ1n) is 5.17. The van der Waals surface area contributed by atoms with E-state index in [-0.39, 0.29) is 19.4 Å². The minimum atomic E-state index is -3.68. The molecule has 8 heteroatoms. The first-order valence-corrected chi connectivity index (χ1v) is 7.01. The van der Waals surface area contributed by atoms with Crippen LogP contribution in [0.4, 0.5) is 0 Å². The van der Waals surface area contributed by atoms with E-state index < -0.39 is 27.9 Å². The van der Waals surface area contributed by atoms with Gasteiger partial charge in [0.15, 0.2) is 0 Å². The lowest BCUT2D eigenvalue weighted by Gasteiger charge is -2.21. The van der Waals surface area contributed by atoms with Crippen molar-refractivity contribution >= 4 is 21.8 Å². The molecule has 1 N–H and O–H groups in total. The second-order valence-electron chi connectivity index (χ2n) is 3.79. The van der Waals surface area contributed by atoms with E-state index in [4.69, 9.17) is 4.74 Å². The van der Waals surface area contributed by atoms with Crippen molar-refractivity contribution in [3.8, 4) is 0 Å². The van der Waals surface area contributed by atoms with Crippen LogP contribution in [0.15, 0.2) is 0 Å². The van der Waals surface area contributed by atoms with Crippen LogP contribution in [0, 0.1) is 0 Å². The van der Waals surface area contributed by atoms with Gasteiger partial charge >= 0.3 is 0 Å². The summed E-state index contributed by atoms with van der Waals surface area (Å²) in [5, 5.41) is 2.53. The Kier molecular flexibility index (Phi) is 4.47. The number of nitrogens with one attached hydrogen (secondary N) is 1. The molecule has 0 aromatic rings. The zero-order chi connectivity index (χ0) is 13.1. The van der Waals surface area contributed by atoms with E-state index >= 15 is 0 Å². The van der Waals surface area contributed by atoms with Gasteiger partial charge in [-0.1, -0.05) is 0 Å². The molecule has 2 amide bonds. The second-order valence-corrected chi connectivity index (χ2v) is 5.65. The first kappa shape index (κ1) is 13.9. The van der Waals surface area contributed by atoms with Gasteiger partial charge in [-0.3, -0.25) is 9.59 Å². The molecule has 0 radical (unpaired) electrons. The number of carbonyl (C=O) groups excluding carboxylic acids is 2. The van der Waals surface area contributed by atoms with Crippen molar-refractivity contribution in [2.24, 2.45) is 0 Å². The van der Waals surface area contributed by atoms with Gasteiger partial charge in [0.2, 0.25) is 21.8 Å². The number of amides is 2. The molecule has 1 rings (SSSR count). The average molecular weight is 264 g/mol. The molecule has 0 spiro atoms. The Morgan fingerprint density at radius 3 is 2.76 bits per heavy atom. The molecule has 1 heterocycles. The normalized spacial score (nSPS) is 20.7. The standard InChI is InChI=1S/C9H16N2O5S/c1-16-6-5-10-9(13)7-3-4-8(12)11(7)17(2,14)15/h7H,3-6H2,1-2H3,(H,10,13). The van der Waals surface area contributed by atoms with Crippen LogP contribution in [0.2, 0.25) is 0 Å². The molecule has 17 heavy (non-hydrogen) atoms. The minimum Gasteiger partial charge on any atom is -0.383 e. The zero-order valence-electron chi connectivity index (χ0n) is 9.80. The third-order valence-electron chi connectivity index (χ3n) is 2.43. The van der Waals surface area contributed by atoms with Gasteiger partial charge in [-0.25, -0.2) is 12.7 Å². The highest BCUT2D eigenvalue weighted by Crippen LogP contribution is 2.21. The summed E-state index contributed by atoms with van der Waals surface area (Å²) in [6.45, 7) is 0.628. The molecule has 98 valence electrons.